The van der Waals surface area contributed by atoms with Crippen molar-refractivity contribution in [1.29, 1.82) is 0 Å². The monoisotopic (exact) mass is 180 g/mol. The molecule has 1 aromatic heterocycles. The Morgan fingerprint density at radius 3 is 2.92 bits per heavy atom. The normalized spacial score (nSPS) is 11.7. The van der Waals surface area contributed by atoms with Gasteiger partial charge in [0.1, 0.15) is 5.03 Å². The van der Waals surface area contributed by atoms with Gasteiger partial charge in [-0.2, -0.15) is 10.0 Å². The lowest BCUT2D eigenvalue weighted by molar-refractivity contribution is -0.491. The van der Waals surface area contributed by atoms with E-state index in [1.54, 1.807) is 0 Å². The molecule has 0 aliphatic rings. The number of rotatable bonds is 2. The minimum Gasteiger partial charge on any atom is -0.242 e. The van der Waals surface area contributed by atoms with Crippen LogP contribution in [0.1, 0.15) is 0 Å². The molecule has 0 aromatic carbocycles. The molecule has 11 heteroatoms. The fraction of sp³-hybridized carbons (Fsp3) is 0. The highest BCUT2D eigenvalue weighted by molar-refractivity contribution is 4.49. The SMILES string of the molecule is O=[N+]([O-])/N=c1\[n-]nnn1N(F)F. The first-order valence-electron chi connectivity index (χ1n) is 2.37. The Kier molecular flexibility index (Phi) is 1.94. The van der Waals surface area contributed by atoms with Gasteiger partial charge in [-0.05, 0) is 5.10 Å². The summed E-state index contributed by atoms with van der Waals surface area (Å²) in [6.07, 6.45) is 0. The highest BCUT2D eigenvalue weighted by Gasteiger charge is 1.99. The van der Waals surface area contributed by atoms with Crippen molar-refractivity contribution in [2.75, 3.05) is 5.45 Å². The molecule has 0 bridgehead atoms. The van der Waals surface area contributed by atoms with Gasteiger partial charge < -0.3 is 0 Å². The van der Waals surface area contributed by atoms with Gasteiger partial charge in [0.25, 0.3) is 0 Å². The zero-order chi connectivity index (χ0) is 9.14. The largest absolute Gasteiger partial charge is 0.242 e. The summed E-state index contributed by atoms with van der Waals surface area (Å²) in [6, 6.07) is 0. The van der Waals surface area contributed by atoms with E-state index < -0.39 is 16.1 Å². The maximum Gasteiger partial charge on any atom is 0.193 e. The van der Waals surface area contributed by atoms with E-state index in [0.29, 0.717) is 0 Å². The molecule has 1 rings (SSSR count). The molecule has 1 heterocycles. The first kappa shape index (κ1) is 8.03. The summed E-state index contributed by atoms with van der Waals surface area (Å²) < 4.78 is 23.4. The topological polar surface area (TPSA) is 104 Å². The molecule has 0 aliphatic heterocycles. The molecule has 1 aromatic rings. The molecule has 0 amide bonds. The van der Waals surface area contributed by atoms with Crippen LogP contribution in [0, 0.1) is 10.1 Å². The molecular weight excluding hydrogens is 180 g/mol. The Hall–Kier alpha value is -2.07. The minimum atomic E-state index is -1.54. The smallest absolute Gasteiger partial charge is 0.193 e. The van der Waals surface area contributed by atoms with Gasteiger partial charge in [-0.3, -0.25) is 0 Å². The molecule has 0 atom stereocenters. The van der Waals surface area contributed by atoms with Crippen molar-refractivity contribution in [2.45, 2.75) is 0 Å². The molecule has 0 unspecified atom stereocenters. The second kappa shape index (κ2) is 2.89. The second-order valence-electron chi connectivity index (χ2n) is 1.42. The number of nitrogens with zero attached hydrogens (tertiary/aromatic N) is 7. The second-order valence-corrected chi connectivity index (χ2v) is 1.42. The number of hydrogen-bond donors (Lipinski definition) is 0. The van der Waals surface area contributed by atoms with Crippen LogP contribution < -0.4 is 16.2 Å². The van der Waals surface area contributed by atoms with E-state index in [-0.39, 0.29) is 4.79 Å². The number of nitro groups is 1. The predicted molar refractivity (Wildman–Crippen MR) is 26.3 cm³/mol. The molecule has 9 nitrogen and oxygen atoms in total. The first-order chi connectivity index (χ1) is 5.61. The number of aromatic nitrogens is 4. The van der Waals surface area contributed by atoms with E-state index in [1.807, 2.05) is 0 Å². The van der Waals surface area contributed by atoms with Crippen LogP contribution in [0.5, 0.6) is 0 Å². The van der Waals surface area contributed by atoms with Gasteiger partial charge in [-0.15, -0.1) is 5.21 Å². The van der Waals surface area contributed by atoms with Gasteiger partial charge in [0.15, 0.2) is 5.62 Å². The van der Waals surface area contributed by atoms with Gasteiger partial charge in [0, 0.05) is 5.45 Å². The van der Waals surface area contributed by atoms with Crippen LogP contribution in [-0.4, -0.2) is 20.2 Å². The minimum absolute atomic E-state index is 0.233. The Morgan fingerprint density at radius 1 is 1.75 bits per heavy atom. The molecule has 12 heavy (non-hydrogen) atoms. The van der Waals surface area contributed by atoms with Gasteiger partial charge >= 0.3 is 0 Å². The van der Waals surface area contributed by atoms with Crippen molar-refractivity contribution in [3.8, 4) is 0 Å². The van der Waals surface area contributed by atoms with Crippen LogP contribution in [0.3, 0.4) is 0 Å². The fourth-order valence-corrected chi connectivity index (χ4v) is 0.409. The summed E-state index contributed by atoms with van der Waals surface area (Å²) in [7, 11) is 0. The molecular formula is CF2N7O2-. The Balaban J connectivity index is 3.16. The van der Waals surface area contributed by atoms with E-state index >= 15 is 0 Å². The average molecular weight is 180 g/mol. The summed E-state index contributed by atoms with van der Waals surface area (Å²) in [5, 5.41) is 19.3. The third-order valence-corrected chi connectivity index (χ3v) is 0.752. The third-order valence-electron chi connectivity index (χ3n) is 0.752. The number of tetrazole rings is 1. The van der Waals surface area contributed by atoms with Gasteiger partial charge in [-0.25, -0.2) is 15.2 Å². The van der Waals surface area contributed by atoms with Crippen molar-refractivity contribution >= 4 is 0 Å². The van der Waals surface area contributed by atoms with Crippen LogP contribution in [0.25, 0.3) is 0 Å². The maximum absolute atomic E-state index is 11.7. The van der Waals surface area contributed by atoms with Crippen molar-refractivity contribution in [3.05, 3.63) is 15.7 Å². The van der Waals surface area contributed by atoms with E-state index in [4.69, 9.17) is 0 Å². The van der Waals surface area contributed by atoms with Crippen LogP contribution in [0.2, 0.25) is 0 Å². The average Bonchev–Trinajstić information content (AvgIpc) is 2.33. The molecule has 0 saturated carbocycles. The Bertz CT molecular complexity index is 337. The van der Waals surface area contributed by atoms with Crippen molar-refractivity contribution in [3.63, 3.8) is 0 Å². The number of hydrogen-bond acceptors (Lipinski definition) is 5. The standard InChI is InChI=1S/CF2N7O2/c2-9(3)8-1(4-6-7-8)5-10(11)12/q-1. The van der Waals surface area contributed by atoms with Crippen LogP contribution in [-0.2, 0) is 0 Å². The lowest BCUT2D eigenvalue weighted by atomic mass is 11.2. The maximum atomic E-state index is 11.7. The van der Waals surface area contributed by atoms with Gasteiger partial charge in [0.2, 0.25) is 0 Å². The first-order valence-corrected chi connectivity index (χ1v) is 2.37. The summed E-state index contributed by atoms with van der Waals surface area (Å²) in [5.74, 6) is 0. The molecule has 0 spiro atoms. The summed E-state index contributed by atoms with van der Waals surface area (Å²) in [5.41, 5.74) is -2.45. The quantitative estimate of drug-likeness (QED) is 0.297. The zero-order valence-corrected chi connectivity index (χ0v) is 5.20. The fourth-order valence-electron chi connectivity index (χ4n) is 0.409. The summed E-state index contributed by atoms with van der Waals surface area (Å²) >= 11 is 0. The predicted octanol–water partition coefficient (Wildman–Crippen LogP) is -1.97. The lowest BCUT2D eigenvalue weighted by Crippen LogP contribution is -2.32. The molecule has 0 aliphatic carbocycles. The lowest BCUT2D eigenvalue weighted by Gasteiger charge is -2.02. The van der Waals surface area contributed by atoms with E-state index in [1.165, 1.54) is 0 Å². The summed E-state index contributed by atoms with van der Waals surface area (Å²) in [4.78, 5) is 9.47. The molecule has 0 fully saturated rings. The van der Waals surface area contributed by atoms with Crippen LogP contribution >= 0.6 is 0 Å². The van der Waals surface area contributed by atoms with E-state index in [9.17, 15) is 19.1 Å². The van der Waals surface area contributed by atoms with Gasteiger partial charge in [0.05, 0.1) is 0 Å². The van der Waals surface area contributed by atoms with Gasteiger partial charge in [-0.1, -0.05) is 8.96 Å². The van der Waals surface area contributed by atoms with Crippen LogP contribution in [0.15, 0.2) is 5.10 Å². The number of halogens is 2. The molecule has 0 N–H and O–H groups in total. The molecule has 66 valence electrons. The summed E-state index contributed by atoms with van der Waals surface area (Å²) in [6.45, 7) is 0. The van der Waals surface area contributed by atoms with Crippen molar-refractivity contribution in [1.82, 2.24) is 20.3 Å². The van der Waals surface area contributed by atoms with E-state index in [2.05, 4.69) is 20.6 Å². The van der Waals surface area contributed by atoms with Crippen LogP contribution in [0.4, 0.5) is 8.96 Å². The Labute approximate surface area is 61.9 Å². The third kappa shape index (κ3) is 1.50. The highest BCUT2D eigenvalue weighted by Crippen LogP contribution is 1.80. The van der Waals surface area contributed by atoms with Crippen molar-refractivity contribution in [2.24, 2.45) is 5.10 Å². The van der Waals surface area contributed by atoms with E-state index in [0.717, 1.165) is 0 Å². The van der Waals surface area contributed by atoms with Crippen molar-refractivity contribution < 1.29 is 14.0 Å². The highest BCUT2D eigenvalue weighted by atomic mass is 19.4. The molecule has 0 saturated heterocycles. The zero-order valence-electron chi connectivity index (χ0n) is 5.20. The molecule has 0 radical (unpaired) electrons. The Morgan fingerprint density at radius 2 is 2.42 bits per heavy atom.